The van der Waals surface area contributed by atoms with Crippen molar-refractivity contribution in [2.24, 2.45) is 0 Å². The van der Waals surface area contributed by atoms with Crippen molar-refractivity contribution in [2.45, 2.75) is 11.9 Å². The average molecular weight is 210 g/mol. The third-order valence-electron chi connectivity index (χ3n) is 0.518. The van der Waals surface area contributed by atoms with E-state index in [1.807, 2.05) is 13.0 Å². The zero-order valence-corrected chi connectivity index (χ0v) is 7.05. The Balaban J connectivity index is 3.09. The summed E-state index contributed by atoms with van der Waals surface area (Å²) in [5.41, 5.74) is 0. The molecule has 40 valence electrons. The zero-order valence-electron chi connectivity index (χ0n) is 4.72. The molecule has 0 aromatic heterocycles. The maximum absolute atomic E-state index is 2.26. The van der Waals surface area contributed by atoms with E-state index in [1.165, 1.54) is 0 Å². The second kappa shape index (κ2) is 6.27. The van der Waals surface area contributed by atoms with Gasteiger partial charge in [0.25, 0.3) is 0 Å². The topological polar surface area (TPSA) is 0 Å². The second-order valence-electron chi connectivity index (χ2n) is 1.09. The van der Waals surface area contributed by atoms with Crippen LogP contribution in [0.4, 0.5) is 0 Å². The summed E-state index contributed by atoms with van der Waals surface area (Å²) in [6, 6.07) is 0. The van der Waals surface area contributed by atoms with Gasteiger partial charge in [0.2, 0.25) is 0 Å². The Hall–Kier alpha value is 0.270. The van der Waals surface area contributed by atoms with Gasteiger partial charge in [-0.15, -0.1) is 0 Å². The Labute approximate surface area is 55.4 Å². The normalized spacial score (nSPS) is 11.7. The Morgan fingerprint density at radius 3 is 2.43 bits per heavy atom. The quantitative estimate of drug-likeness (QED) is 0.481. The van der Waals surface area contributed by atoms with Gasteiger partial charge in [-0.25, -0.2) is 0 Å². The maximum atomic E-state index is 2.26. The van der Waals surface area contributed by atoms with Crippen LogP contribution in [0.2, 0.25) is 4.97 Å². The van der Waals surface area contributed by atoms with Crippen molar-refractivity contribution in [3.8, 4) is 0 Å². The van der Waals surface area contributed by atoms with Crippen molar-refractivity contribution in [3.05, 3.63) is 22.4 Å². The van der Waals surface area contributed by atoms with Gasteiger partial charge in [0.05, 0.1) is 0 Å². The van der Waals surface area contributed by atoms with Crippen LogP contribution in [0.1, 0.15) is 6.92 Å². The van der Waals surface area contributed by atoms with E-state index in [-0.39, 0.29) is 20.9 Å². The van der Waals surface area contributed by atoms with Gasteiger partial charge in [0.15, 0.2) is 0 Å². The first-order valence-electron chi connectivity index (χ1n) is 2.22. The minimum absolute atomic E-state index is 0.224. The van der Waals surface area contributed by atoms with Gasteiger partial charge < -0.3 is 0 Å². The molecule has 0 aromatic rings. The number of allylic oxidation sites excluding steroid dienone is 3. The van der Waals surface area contributed by atoms with Crippen molar-refractivity contribution in [1.29, 1.82) is 0 Å². The molecule has 0 aliphatic rings. The van der Waals surface area contributed by atoms with Crippen molar-refractivity contribution < 1.29 is 0 Å². The van der Waals surface area contributed by atoms with E-state index in [0.29, 0.717) is 0 Å². The second-order valence-corrected chi connectivity index (χ2v) is 3.21. The van der Waals surface area contributed by atoms with Crippen LogP contribution in [-0.4, -0.2) is 20.9 Å². The van der Waals surface area contributed by atoms with Gasteiger partial charge in [0.1, 0.15) is 0 Å². The predicted molar refractivity (Wildman–Crippen MR) is 35.6 cm³/mol. The molecule has 0 nitrogen and oxygen atoms in total. The van der Waals surface area contributed by atoms with E-state index in [2.05, 4.69) is 21.2 Å². The van der Waals surface area contributed by atoms with E-state index in [9.17, 15) is 0 Å². The number of rotatable bonds is 2. The monoisotopic (exact) mass is 212 g/mol. The molecule has 0 atom stereocenters. The Kier molecular flexibility index (Phi) is 6.51. The first-order valence-corrected chi connectivity index (χ1v) is 5.90. The van der Waals surface area contributed by atoms with E-state index in [0.717, 1.165) is 0 Å². The van der Waals surface area contributed by atoms with Crippen LogP contribution in [-0.2, 0) is 0 Å². The van der Waals surface area contributed by atoms with Crippen LogP contribution in [0.3, 0.4) is 0 Å². The fourth-order valence-electron chi connectivity index (χ4n) is 0.235. The van der Waals surface area contributed by atoms with E-state index < -0.39 is 0 Å². The molecule has 0 amide bonds. The van der Waals surface area contributed by atoms with Crippen molar-refractivity contribution in [2.75, 3.05) is 0 Å². The molecule has 0 aliphatic carbocycles. The van der Waals surface area contributed by atoms with Gasteiger partial charge in [-0.3, -0.25) is 0 Å². The summed E-state index contributed by atoms with van der Waals surface area (Å²) in [6.07, 6.45) is 6.22. The number of hydrogen-bond donors (Lipinski definition) is 0. The van der Waals surface area contributed by atoms with Gasteiger partial charge in [-0.2, -0.15) is 0 Å². The molecule has 0 fully saturated rings. The molecule has 0 saturated carbocycles. The minimum atomic E-state index is 0.224. The molecular weight excluding hydrogens is 200 g/mol. The summed E-state index contributed by atoms with van der Waals surface area (Å²) in [5.74, 6) is 0. The van der Waals surface area contributed by atoms with Crippen LogP contribution in [0, 0.1) is 0 Å². The zero-order chi connectivity index (χ0) is 5.54. The summed E-state index contributed by atoms with van der Waals surface area (Å²) in [4.78, 5) is 2.26. The molecule has 0 N–H and O–H groups in total. The predicted octanol–water partition coefficient (Wildman–Crippen LogP) is 1.83. The molecule has 1 heteroatoms. The van der Waals surface area contributed by atoms with Crippen molar-refractivity contribution >= 4 is 20.9 Å². The van der Waals surface area contributed by atoms with Gasteiger partial charge in [-0.05, 0) is 0 Å². The van der Waals surface area contributed by atoms with Crippen LogP contribution < -0.4 is 0 Å². The Morgan fingerprint density at radius 1 is 1.29 bits per heavy atom. The Morgan fingerprint density at radius 2 is 2.00 bits per heavy atom. The molecule has 0 aliphatic heterocycles. The summed E-state index contributed by atoms with van der Waals surface area (Å²) < 4.78 is 2.26. The first-order chi connectivity index (χ1) is 3.41. The first kappa shape index (κ1) is 7.27. The van der Waals surface area contributed by atoms with Crippen LogP contribution in [0.25, 0.3) is 0 Å². The number of hydrogen-bond acceptors (Lipinski definition) is 0. The summed E-state index contributed by atoms with van der Waals surface area (Å²) in [6.45, 7) is 2.03. The summed E-state index contributed by atoms with van der Waals surface area (Å²) >= 11 is 0.224. The summed E-state index contributed by atoms with van der Waals surface area (Å²) in [5, 5.41) is 0. The molecule has 7 heavy (non-hydrogen) atoms. The molecular formula is C6H10Te. The molecule has 0 saturated heterocycles. The molecule has 0 radical (unpaired) electrons. The molecule has 0 bridgehead atoms. The Bertz CT molecular complexity index is 72.2. The van der Waals surface area contributed by atoms with Gasteiger partial charge in [0, 0.05) is 0 Å². The fraction of sp³-hybridized carbons (Fsp3) is 0.333. The molecule has 0 heterocycles. The third-order valence-corrected chi connectivity index (χ3v) is 1.74. The van der Waals surface area contributed by atoms with E-state index >= 15 is 0 Å². The molecule has 0 aromatic carbocycles. The van der Waals surface area contributed by atoms with E-state index in [4.69, 9.17) is 0 Å². The standard InChI is InChI=1S/C6H10Te/c1-3-4-5-6-7-2/h3-6H,1-2H3/b4-3+,6-5+. The SMILES string of the molecule is C/C=C/C=C/[Te]C. The van der Waals surface area contributed by atoms with E-state index in [1.54, 1.807) is 0 Å². The van der Waals surface area contributed by atoms with Crippen LogP contribution >= 0.6 is 0 Å². The molecule has 0 unspecified atom stereocenters. The average Bonchev–Trinajstić information content (AvgIpc) is 1.69. The van der Waals surface area contributed by atoms with Crippen molar-refractivity contribution in [1.82, 2.24) is 0 Å². The van der Waals surface area contributed by atoms with Crippen molar-refractivity contribution in [3.63, 3.8) is 0 Å². The fourth-order valence-corrected chi connectivity index (χ4v) is 0.942. The van der Waals surface area contributed by atoms with Gasteiger partial charge >= 0.3 is 55.2 Å². The third kappa shape index (κ3) is 6.27. The summed E-state index contributed by atoms with van der Waals surface area (Å²) in [7, 11) is 0. The molecule has 0 spiro atoms. The van der Waals surface area contributed by atoms with Crippen LogP contribution in [0.15, 0.2) is 22.4 Å². The van der Waals surface area contributed by atoms with Gasteiger partial charge in [-0.1, -0.05) is 0 Å². The van der Waals surface area contributed by atoms with Crippen LogP contribution in [0.5, 0.6) is 0 Å². The molecule has 0 rings (SSSR count).